The Balaban J connectivity index is 0.943. The maximum Gasteiger partial charge on any atom is 0.490 e. The van der Waals surface area contributed by atoms with E-state index in [1.807, 2.05) is 4.98 Å². The molecule has 0 radical (unpaired) electrons. The molecule has 9 N–H and O–H groups in total. The molecular weight excluding hydrogens is 1080 g/mol. The molecule has 1 aliphatic carbocycles. The number of aromatic hydroxyl groups is 1. The van der Waals surface area contributed by atoms with Crippen LogP contribution in [0.5, 0.6) is 5.75 Å². The lowest BCUT2D eigenvalue weighted by Crippen LogP contribution is -2.34. The summed E-state index contributed by atoms with van der Waals surface area (Å²) in [6.45, 7) is -1.76. The first kappa shape index (κ1) is 56.0. The molecule has 2 aliphatic heterocycles. The summed E-state index contributed by atoms with van der Waals surface area (Å²) in [6.07, 6.45) is -4.02. The van der Waals surface area contributed by atoms with Crippen molar-refractivity contribution in [1.29, 1.82) is 0 Å². The molecule has 2 unspecified atom stereocenters. The number of alkyl carbamates (subject to hydrolysis) is 1. The molecule has 0 bridgehead atoms. The van der Waals surface area contributed by atoms with Crippen LogP contribution in [-0.4, -0.2) is 114 Å². The number of azide groups is 1. The van der Waals surface area contributed by atoms with Crippen molar-refractivity contribution < 1.29 is 89.6 Å². The summed E-state index contributed by atoms with van der Waals surface area (Å²) in [5.74, 6) is 3.97. The Morgan fingerprint density at radius 2 is 1.71 bits per heavy atom. The summed E-state index contributed by atoms with van der Waals surface area (Å²) in [5, 5.41) is 29.0. The fourth-order valence-corrected chi connectivity index (χ4v) is 11.5. The van der Waals surface area contributed by atoms with Crippen LogP contribution in [-0.2, 0) is 41.1 Å². The third-order valence-corrected chi connectivity index (χ3v) is 15.8. The lowest BCUT2D eigenvalue weighted by Gasteiger charge is -2.20. The number of benzene rings is 3. The largest absolute Gasteiger partial charge is 0.508 e. The Kier molecular flexibility index (Phi) is 18.9. The molecule has 3 heterocycles. The van der Waals surface area contributed by atoms with Crippen LogP contribution < -0.4 is 27.3 Å². The van der Waals surface area contributed by atoms with Crippen LogP contribution >= 0.6 is 45.1 Å². The van der Waals surface area contributed by atoms with Crippen molar-refractivity contribution in [3.8, 4) is 40.0 Å². The van der Waals surface area contributed by atoms with Gasteiger partial charge in [-0.3, -0.25) is 28.5 Å². The maximum atomic E-state index is 13.1. The number of carbonyl (C=O) groups excluding carboxylic acids is 2. The Hall–Kier alpha value is -6.28. The number of ether oxygens (including phenoxy) is 3. The zero-order chi connectivity index (χ0) is 53.1. The maximum absolute atomic E-state index is 13.1. The van der Waals surface area contributed by atoms with Crippen LogP contribution in [0.3, 0.4) is 0 Å². The average molecular weight is 1110 g/mol. The molecule has 1 fully saturated rings. The lowest BCUT2D eigenvalue weighted by atomic mass is 9.90. The minimum Gasteiger partial charge on any atom is -0.508 e. The van der Waals surface area contributed by atoms with Gasteiger partial charge in [0.15, 0.2) is 5.43 Å². The molecule has 2 aromatic carbocycles. The van der Waals surface area contributed by atoms with Gasteiger partial charge in [0.1, 0.15) is 48.3 Å². The summed E-state index contributed by atoms with van der Waals surface area (Å²) in [6, 6.07) is 12.6. The molecule has 3 aliphatic rings. The van der Waals surface area contributed by atoms with E-state index in [1.54, 1.807) is 6.07 Å². The van der Waals surface area contributed by atoms with Crippen molar-refractivity contribution in [2.45, 2.75) is 24.9 Å². The molecule has 1 saturated heterocycles. The minimum absolute atomic E-state index is 0.0331. The smallest absolute Gasteiger partial charge is 0.490 e. The van der Waals surface area contributed by atoms with Crippen molar-refractivity contribution in [2.75, 3.05) is 44.5 Å². The summed E-state index contributed by atoms with van der Waals surface area (Å²) in [5.41, 5.74) is 7.26. The molecule has 3 aromatic rings. The number of aromatic amines is 1. The number of amides is 2. The van der Waals surface area contributed by atoms with E-state index in [-0.39, 0.29) is 70.9 Å². The van der Waals surface area contributed by atoms with Crippen LogP contribution in [0.15, 0.2) is 84.7 Å². The van der Waals surface area contributed by atoms with E-state index in [0.29, 0.717) is 28.0 Å². The quantitative estimate of drug-likeness (QED) is 0.00691. The third-order valence-electron chi connectivity index (χ3n) is 9.64. The first-order valence-corrected chi connectivity index (χ1v) is 27.4. The van der Waals surface area contributed by atoms with Gasteiger partial charge >= 0.3 is 41.2 Å². The second-order valence-corrected chi connectivity index (χ2v) is 21.7. The standard InChI is InChI=1S/C39H38N7O22P3S2/c40-45-43-20-63-31-17-33(66-32(31)19-64-70(58,59)68-71(60,61)67-69(55,56)57)46-18-22(36(50)44-38(46)53)2-1-9-42-39(54)62-11-13-73-72-12-10-41-35(49)21-3-6-25(28(14-21)37(51)52)34-26-7-4-23(47)15-29(26)65-30-16-24(48)5-8-27(30)34/h3-8,14-16,18,31-33,47H,9-13,17,19-20H2,(H,41,49)(H,42,54)(H,51,52)(H,58,59)(H,60,61)(H,44,50,53)(H2,55,56,57)/t31-,32-,33-/m1/s1. The van der Waals surface area contributed by atoms with E-state index >= 15 is 0 Å². The molecule has 2 amide bonds. The number of aromatic nitrogens is 2. The Morgan fingerprint density at radius 1 is 0.959 bits per heavy atom. The molecule has 388 valence electrons. The van der Waals surface area contributed by atoms with Crippen molar-refractivity contribution in [3.63, 3.8) is 0 Å². The third kappa shape index (κ3) is 15.9. The molecular formula is C39H38N7O22P3S2. The number of carboxylic acid groups (broad SMARTS) is 1. The number of nitrogens with one attached hydrogen (secondary N) is 3. The zero-order valence-corrected chi connectivity index (χ0v) is 41.1. The average Bonchev–Trinajstić information content (AvgIpc) is 3.71. The van der Waals surface area contributed by atoms with E-state index < -0.39 is 84.5 Å². The number of phosphoric acid groups is 3. The predicted octanol–water partition coefficient (Wildman–Crippen LogP) is 3.99. The summed E-state index contributed by atoms with van der Waals surface area (Å²) < 4.78 is 69.7. The van der Waals surface area contributed by atoms with Crippen LogP contribution in [0.4, 0.5) is 4.79 Å². The topological polar surface area (TPSA) is 437 Å². The highest BCUT2D eigenvalue weighted by atomic mass is 33.1. The number of carbonyl (C=O) groups is 3. The normalized spacial score (nSPS) is 17.1. The van der Waals surface area contributed by atoms with Gasteiger partial charge in [-0.2, -0.15) is 8.62 Å². The number of phenols is 1. The van der Waals surface area contributed by atoms with E-state index in [2.05, 4.69) is 45.6 Å². The molecule has 1 aromatic heterocycles. The van der Waals surface area contributed by atoms with Crippen LogP contribution in [0, 0.1) is 11.8 Å². The van der Waals surface area contributed by atoms with E-state index in [0.717, 1.165) is 10.8 Å². The molecule has 34 heteroatoms. The number of aromatic carboxylic acids is 1. The van der Waals surface area contributed by atoms with Gasteiger partial charge in [0, 0.05) is 69.8 Å². The van der Waals surface area contributed by atoms with E-state index in [1.165, 1.54) is 70.1 Å². The van der Waals surface area contributed by atoms with Crippen LogP contribution in [0.25, 0.3) is 43.9 Å². The molecule has 29 nitrogen and oxygen atoms in total. The Morgan fingerprint density at radius 3 is 2.45 bits per heavy atom. The highest BCUT2D eigenvalue weighted by molar-refractivity contribution is 8.76. The summed E-state index contributed by atoms with van der Waals surface area (Å²) >= 11 is 0. The summed E-state index contributed by atoms with van der Waals surface area (Å²) in [7, 11) is -14.4. The number of H-pyrrole nitrogens is 1. The minimum atomic E-state index is -5.85. The lowest BCUT2D eigenvalue weighted by molar-refractivity contribution is -0.0601. The number of hydrogen-bond acceptors (Lipinski definition) is 20. The number of phosphoric ester groups is 1. The first-order valence-electron chi connectivity index (χ1n) is 20.4. The van der Waals surface area contributed by atoms with Gasteiger partial charge in [-0.25, -0.2) is 28.1 Å². The first-order chi connectivity index (χ1) is 34.5. The molecule has 73 heavy (non-hydrogen) atoms. The Labute approximate surface area is 415 Å². The molecule has 5 atom stereocenters. The fourth-order valence-electron chi connectivity index (χ4n) is 6.74. The number of carboxylic acids is 1. The van der Waals surface area contributed by atoms with Gasteiger partial charge in [-0.1, -0.05) is 44.6 Å². The van der Waals surface area contributed by atoms with Crippen LogP contribution in [0.1, 0.15) is 38.9 Å². The van der Waals surface area contributed by atoms with E-state index in [9.17, 15) is 62.5 Å². The highest BCUT2D eigenvalue weighted by Crippen LogP contribution is 2.66. The zero-order valence-electron chi connectivity index (χ0n) is 36.8. The summed E-state index contributed by atoms with van der Waals surface area (Å²) in [4.78, 5) is 116. The van der Waals surface area contributed by atoms with Gasteiger partial charge in [0.2, 0.25) is 0 Å². The van der Waals surface area contributed by atoms with Gasteiger partial charge in [-0.05, 0) is 47.5 Å². The van der Waals surface area contributed by atoms with Gasteiger partial charge in [-0.15, -0.1) is 0 Å². The highest BCUT2D eigenvalue weighted by Gasteiger charge is 2.43. The van der Waals surface area contributed by atoms with Crippen molar-refractivity contribution in [3.05, 3.63) is 119 Å². The molecule has 6 rings (SSSR count). The number of fused-ring (bicyclic) bond motifs is 2. The second kappa shape index (κ2) is 24.6. The second-order valence-electron chi connectivity index (χ2n) is 14.6. The van der Waals surface area contributed by atoms with Gasteiger partial charge in [0.25, 0.3) is 11.5 Å². The number of phenolic OH excluding ortho intramolecular Hbond substituents is 1. The molecule has 0 saturated carbocycles. The molecule has 0 spiro atoms. The van der Waals surface area contributed by atoms with Gasteiger partial charge < -0.3 is 59.0 Å². The fraction of sp³-hybridized carbons (Fsp3) is 0.282. The van der Waals surface area contributed by atoms with Crippen LogP contribution in [0.2, 0.25) is 0 Å². The van der Waals surface area contributed by atoms with Crippen molar-refractivity contribution in [1.82, 2.24) is 20.2 Å². The van der Waals surface area contributed by atoms with Gasteiger partial charge in [0.05, 0.1) is 24.8 Å². The number of rotatable bonds is 22. The Bertz CT molecular complexity index is 3330. The van der Waals surface area contributed by atoms with E-state index in [4.69, 9.17) is 33.9 Å². The SMILES string of the molecule is [N-]=[N+]=NCO[C@@H]1C[C@H](n2cc(C#CCNC(=O)OCCSSCCNC(=O)c3ccc(-c4c5ccc(=O)cc-5oc5cc(O)ccc45)c(C(=O)O)c3)c(=O)[nH]c2=O)O[C@@H]1COP(=O)(O)OP(=O)(O)OP(=O)(O)O. The monoisotopic (exact) mass is 1110 g/mol. The van der Waals surface area contributed by atoms with Crippen molar-refractivity contribution in [2.24, 2.45) is 5.11 Å². The number of hydrogen-bond donors (Lipinski definition) is 9. The number of nitrogens with zero attached hydrogens (tertiary/aromatic N) is 4. The predicted molar refractivity (Wildman–Crippen MR) is 255 cm³/mol. The van der Waals surface area contributed by atoms with Crippen molar-refractivity contribution >= 4 is 74.0 Å².